The Bertz CT molecular complexity index is 70.1. The smallest absolute Gasteiger partial charge is 0.194 e. The zero-order valence-corrected chi connectivity index (χ0v) is 6.18. The van der Waals surface area contributed by atoms with Crippen LogP contribution in [0.1, 0.15) is 13.3 Å². The third kappa shape index (κ3) is 6.36. The normalized spacial score (nSPS) is 13.6. The van der Waals surface area contributed by atoms with Crippen LogP contribution in [0.25, 0.3) is 0 Å². The second-order valence-corrected chi connectivity index (χ2v) is 2.61. The average Bonchev–Trinajstić information content (AvgIpc) is 1.27. The number of aliphatic hydroxyl groups excluding tert-OH is 1. The van der Waals surface area contributed by atoms with Crippen LogP contribution in [0.5, 0.6) is 0 Å². The first kappa shape index (κ1) is 7.36. The van der Waals surface area contributed by atoms with Crippen molar-refractivity contribution in [3.05, 3.63) is 0 Å². The van der Waals surface area contributed by atoms with E-state index in [4.69, 9.17) is 5.11 Å². The lowest BCUT2D eigenvalue weighted by Gasteiger charge is -1.94. The van der Waals surface area contributed by atoms with Crippen molar-refractivity contribution in [2.24, 2.45) is 0 Å². The monoisotopic (exact) mass is 214 g/mol. The van der Waals surface area contributed by atoms with Gasteiger partial charge in [-0.25, -0.2) is 0 Å². The molecule has 0 aromatic rings. The third-order valence-electron chi connectivity index (χ3n) is 0.456. The number of rotatable bonds is 2. The highest BCUT2D eigenvalue weighted by Gasteiger charge is 1.98. The summed E-state index contributed by atoms with van der Waals surface area (Å²) in [4.78, 5) is 10.1. The van der Waals surface area contributed by atoms with Gasteiger partial charge in [-0.15, -0.1) is 0 Å². The van der Waals surface area contributed by atoms with Crippen LogP contribution in [0.2, 0.25) is 0 Å². The molecule has 0 saturated heterocycles. The molecule has 0 aliphatic carbocycles. The van der Waals surface area contributed by atoms with Crippen molar-refractivity contribution >= 4 is 26.4 Å². The quantitative estimate of drug-likeness (QED) is 0.543. The molecule has 0 rings (SSSR count). The van der Waals surface area contributed by atoms with E-state index in [1.165, 1.54) is 0 Å². The predicted octanol–water partition coefficient (Wildman–Crippen LogP) is 0.719. The summed E-state index contributed by atoms with van der Waals surface area (Å²) in [6, 6.07) is 0. The number of hydrogen-bond acceptors (Lipinski definition) is 2. The van der Waals surface area contributed by atoms with Crippen molar-refractivity contribution in [1.82, 2.24) is 0 Å². The average molecular weight is 214 g/mol. The van der Waals surface area contributed by atoms with Crippen LogP contribution in [0.3, 0.4) is 0 Å². The van der Waals surface area contributed by atoms with Gasteiger partial charge in [-0.3, -0.25) is 4.79 Å². The molecule has 0 aromatic heterocycles. The molecule has 7 heavy (non-hydrogen) atoms. The molecule has 0 aliphatic rings. The fraction of sp³-hybridized carbons (Fsp3) is 0.750. The van der Waals surface area contributed by atoms with Gasteiger partial charge in [0.25, 0.3) is 0 Å². The van der Waals surface area contributed by atoms with Crippen molar-refractivity contribution in [1.29, 1.82) is 0 Å². The highest BCUT2D eigenvalue weighted by atomic mass is 127. The maximum atomic E-state index is 10.1. The standard InChI is InChI=1S/C4H7IO2/c1-3(6)2-4(5)7/h3,6H,2H2,1H3. The summed E-state index contributed by atoms with van der Waals surface area (Å²) in [6.45, 7) is 1.59. The van der Waals surface area contributed by atoms with E-state index in [1.54, 1.807) is 29.5 Å². The van der Waals surface area contributed by atoms with Crippen LogP contribution in [0.15, 0.2) is 0 Å². The molecule has 0 spiro atoms. The van der Waals surface area contributed by atoms with Gasteiger partial charge in [-0.05, 0) is 29.5 Å². The van der Waals surface area contributed by atoms with Crippen LogP contribution >= 0.6 is 22.6 Å². The number of aliphatic hydroxyl groups is 1. The topological polar surface area (TPSA) is 37.3 Å². The molecule has 1 N–H and O–H groups in total. The van der Waals surface area contributed by atoms with E-state index in [1.807, 2.05) is 0 Å². The summed E-state index contributed by atoms with van der Waals surface area (Å²) in [7, 11) is 0. The van der Waals surface area contributed by atoms with Crippen LogP contribution in [0, 0.1) is 0 Å². The number of carbonyl (C=O) groups excluding carboxylic acids is 1. The maximum Gasteiger partial charge on any atom is 0.194 e. The fourth-order valence-corrected chi connectivity index (χ4v) is 0.870. The van der Waals surface area contributed by atoms with Crippen molar-refractivity contribution in [3.63, 3.8) is 0 Å². The van der Waals surface area contributed by atoms with Crippen LogP contribution in [0.4, 0.5) is 0 Å². The first-order valence-electron chi connectivity index (χ1n) is 1.99. The molecule has 0 saturated carbocycles. The molecule has 0 amide bonds. The zero-order chi connectivity index (χ0) is 5.86. The molecule has 42 valence electrons. The Hall–Kier alpha value is 0.360. The van der Waals surface area contributed by atoms with Crippen molar-refractivity contribution in [3.8, 4) is 0 Å². The van der Waals surface area contributed by atoms with Crippen LogP contribution < -0.4 is 0 Å². The molecule has 1 atom stereocenters. The summed E-state index contributed by atoms with van der Waals surface area (Å²) >= 11 is 1.66. The zero-order valence-electron chi connectivity index (χ0n) is 4.02. The van der Waals surface area contributed by atoms with E-state index in [2.05, 4.69) is 0 Å². The van der Waals surface area contributed by atoms with Crippen LogP contribution in [-0.4, -0.2) is 15.0 Å². The Kier molecular flexibility index (Phi) is 3.55. The molecule has 0 bridgehead atoms. The Morgan fingerprint density at radius 3 is 2.43 bits per heavy atom. The van der Waals surface area contributed by atoms with E-state index in [0.717, 1.165) is 0 Å². The first-order chi connectivity index (χ1) is 3.13. The molecular formula is C4H7IO2. The van der Waals surface area contributed by atoms with Gasteiger partial charge in [0, 0.05) is 6.42 Å². The SMILES string of the molecule is CC(O)CC(=O)I. The first-order valence-corrected chi connectivity index (χ1v) is 3.07. The minimum Gasteiger partial charge on any atom is -0.393 e. The van der Waals surface area contributed by atoms with Gasteiger partial charge in [0.2, 0.25) is 0 Å². The molecule has 1 unspecified atom stereocenters. The lowest BCUT2D eigenvalue weighted by molar-refractivity contribution is -0.110. The Morgan fingerprint density at radius 2 is 2.43 bits per heavy atom. The predicted molar refractivity (Wildman–Crippen MR) is 35.3 cm³/mol. The summed E-state index contributed by atoms with van der Waals surface area (Å²) in [5.74, 6) is 0. The Morgan fingerprint density at radius 1 is 2.00 bits per heavy atom. The summed E-state index contributed by atoms with van der Waals surface area (Å²) in [5, 5.41) is 8.50. The van der Waals surface area contributed by atoms with E-state index in [9.17, 15) is 4.79 Å². The molecule has 0 fully saturated rings. The number of carbonyl (C=O) groups is 1. The fourth-order valence-electron chi connectivity index (χ4n) is 0.232. The van der Waals surface area contributed by atoms with Gasteiger partial charge in [0.1, 0.15) is 0 Å². The molecule has 0 aromatic carbocycles. The van der Waals surface area contributed by atoms with Gasteiger partial charge in [0.15, 0.2) is 3.79 Å². The van der Waals surface area contributed by atoms with Crippen molar-refractivity contribution in [2.45, 2.75) is 19.4 Å². The minimum absolute atomic E-state index is 0.00704. The van der Waals surface area contributed by atoms with E-state index in [-0.39, 0.29) is 10.2 Å². The molecule has 0 aliphatic heterocycles. The van der Waals surface area contributed by atoms with Crippen molar-refractivity contribution in [2.75, 3.05) is 0 Å². The van der Waals surface area contributed by atoms with E-state index >= 15 is 0 Å². The van der Waals surface area contributed by atoms with E-state index in [0.29, 0.717) is 0 Å². The molecule has 2 nitrogen and oxygen atoms in total. The lowest BCUT2D eigenvalue weighted by Crippen LogP contribution is -2.02. The van der Waals surface area contributed by atoms with Crippen LogP contribution in [-0.2, 0) is 4.79 Å². The molecular weight excluding hydrogens is 207 g/mol. The largest absolute Gasteiger partial charge is 0.393 e. The lowest BCUT2D eigenvalue weighted by atomic mass is 10.3. The summed E-state index contributed by atoms with van der Waals surface area (Å²) in [6.07, 6.45) is -0.218. The van der Waals surface area contributed by atoms with Gasteiger partial charge < -0.3 is 5.11 Å². The van der Waals surface area contributed by atoms with E-state index < -0.39 is 6.10 Å². The van der Waals surface area contributed by atoms with Gasteiger partial charge in [-0.2, -0.15) is 0 Å². The molecule has 0 radical (unpaired) electrons. The summed E-state index contributed by atoms with van der Waals surface area (Å²) in [5.41, 5.74) is 0. The number of hydrogen-bond donors (Lipinski definition) is 1. The van der Waals surface area contributed by atoms with Gasteiger partial charge in [0.05, 0.1) is 6.10 Å². The second kappa shape index (κ2) is 3.37. The molecule has 0 heterocycles. The van der Waals surface area contributed by atoms with Gasteiger partial charge >= 0.3 is 0 Å². The highest BCUT2D eigenvalue weighted by molar-refractivity contribution is 14.1. The third-order valence-corrected chi connectivity index (χ3v) is 0.896. The minimum atomic E-state index is -0.482. The highest BCUT2D eigenvalue weighted by Crippen LogP contribution is 1.96. The number of halogens is 1. The molecule has 3 heteroatoms. The Labute approximate surface area is 56.1 Å². The summed E-state index contributed by atoms with van der Waals surface area (Å²) < 4.78 is 0.00704. The maximum absolute atomic E-state index is 10.1. The Balaban J connectivity index is 3.13. The second-order valence-electron chi connectivity index (χ2n) is 1.41. The van der Waals surface area contributed by atoms with Crippen molar-refractivity contribution < 1.29 is 9.90 Å². The van der Waals surface area contributed by atoms with Gasteiger partial charge in [-0.1, -0.05) is 0 Å².